The summed E-state index contributed by atoms with van der Waals surface area (Å²) < 4.78 is 5.21. The smallest absolute Gasteiger partial charge is 0.119 e. The van der Waals surface area contributed by atoms with Crippen molar-refractivity contribution in [1.82, 2.24) is 0 Å². The number of ether oxygens (including phenoxy) is 1. The fraction of sp³-hybridized carbons (Fsp3) is 0.625. The maximum absolute atomic E-state index is 5.64. The molecule has 108 valence electrons. The molecular weight excluding hydrogens is 236 g/mol. The van der Waals surface area contributed by atoms with E-state index < -0.39 is 0 Å². The second-order valence-corrected chi connectivity index (χ2v) is 5.18. The molecule has 0 aromatic heterocycles. The van der Waals surface area contributed by atoms with Crippen molar-refractivity contribution in [3.05, 3.63) is 24.3 Å². The number of nitrogens with two attached hydrogens (primary N) is 1. The fourth-order valence-corrected chi connectivity index (χ4v) is 2.36. The van der Waals surface area contributed by atoms with Crippen LogP contribution in [0.3, 0.4) is 0 Å². The lowest BCUT2D eigenvalue weighted by atomic mass is 10.1. The number of anilines is 1. The molecule has 1 rings (SSSR count). The van der Waals surface area contributed by atoms with Gasteiger partial charge in [-0.15, -0.1) is 0 Å². The Balaban J connectivity index is 2.70. The molecule has 0 spiro atoms. The Morgan fingerprint density at radius 1 is 1.26 bits per heavy atom. The summed E-state index contributed by atoms with van der Waals surface area (Å²) in [5.74, 6) is 1.62. The maximum atomic E-state index is 5.64. The van der Waals surface area contributed by atoms with Gasteiger partial charge in [-0.3, -0.25) is 0 Å². The molecule has 0 saturated heterocycles. The third-order valence-corrected chi connectivity index (χ3v) is 3.38. The van der Waals surface area contributed by atoms with E-state index in [4.69, 9.17) is 10.5 Å². The highest BCUT2D eigenvalue weighted by atomic mass is 16.5. The summed E-state index contributed by atoms with van der Waals surface area (Å²) in [7, 11) is 1.70. The lowest BCUT2D eigenvalue weighted by Gasteiger charge is -2.28. The summed E-state index contributed by atoms with van der Waals surface area (Å²) in [5, 5.41) is 0. The van der Waals surface area contributed by atoms with E-state index in [0.717, 1.165) is 31.8 Å². The Morgan fingerprint density at radius 3 is 2.47 bits per heavy atom. The van der Waals surface area contributed by atoms with Gasteiger partial charge in [0.25, 0.3) is 0 Å². The van der Waals surface area contributed by atoms with E-state index in [0.29, 0.717) is 5.92 Å². The quantitative estimate of drug-likeness (QED) is 0.744. The summed E-state index contributed by atoms with van der Waals surface area (Å²) in [5.41, 5.74) is 6.90. The van der Waals surface area contributed by atoms with Gasteiger partial charge in [-0.1, -0.05) is 20.3 Å². The van der Waals surface area contributed by atoms with Crippen LogP contribution in [-0.4, -0.2) is 26.7 Å². The zero-order valence-electron chi connectivity index (χ0n) is 12.6. The molecule has 0 amide bonds. The van der Waals surface area contributed by atoms with Crippen LogP contribution in [0.2, 0.25) is 0 Å². The van der Waals surface area contributed by atoms with Crippen molar-refractivity contribution >= 4 is 5.69 Å². The number of rotatable bonds is 9. The summed E-state index contributed by atoms with van der Waals surface area (Å²) >= 11 is 0. The Kier molecular flexibility index (Phi) is 7.34. The lowest BCUT2D eigenvalue weighted by Crippen LogP contribution is -2.30. The van der Waals surface area contributed by atoms with Crippen LogP contribution in [0.4, 0.5) is 5.69 Å². The predicted molar refractivity (Wildman–Crippen MR) is 83.0 cm³/mol. The summed E-state index contributed by atoms with van der Waals surface area (Å²) in [6.07, 6.45) is 3.55. The van der Waals surface area contributed by atoms with Crippen LogP contribution < -0.4 is 15.4 Å². The normalized spacial score (nSPS) is 12.2. The molecule has 1 aromatic rings. The van der Waals surface area contributed by atoms with E-state index in [9.17, 15) is 0 Å². The Bertz CT molecular complexity index is 337. The molecule has 0 bridgehead atoms. The van der Waals surface area contributed by atoms with Crippen molar-refractivity contribution in [1.29, 1.82) is 0 Å². The topological polar surface area (TPSA) is 38.5 Å². The molecule has 0 radical (unpaired) electrons. The number of nitrogens with zero attached hydrogens (tertiary/aromatic N) is 1. The van der Waals surface area contributed by atoms with Crippen molar-refractivity contribution in [2.45, 2.75) is 33.1 Å². The van der Waals surface area contributed by atoms with Crippen LogP contribution in [0, 0.1) is 5.92 Å². The van der Waals surface area contributed by atoms with Crippen molar-refractivity contribution < 1.29 is 4.74 Å². The molecule has 0 aliphatic rings. The first-order chi connectivity index (χ1) is 9.21. The highest BCUT2D eigenvalue weighted by Gasteiger charge is 2.10. The van der Waals surface area contributed by atoms with Gasteiger partial charge in [0.1, 0.15) is 5.75 Å². The van der Waals surface area contributed by atoms with Gasteiger partial charge in [-0.25, -0.2) is 0 Å². The van der Waals surface area contributed by atoms with Gasteiger partial charge in [0.05, 0.1) is 7.11 Å². The minimum Gasteiger partial charge on any atom is -0.497 e. The SMILES string of the molecule is CCCC(C)CN(CCCN)c1ccc(OC)cc1. The number of methoxy groups -OCH3 is 1. The third-order valence-electron chi connectivity index (χ3n) is 3.38. The average molecular weight is 264 g/mol. The first-order valence-corrected chi connectivity index (χ1v) is 7.30. The molecule has 0 heterocycles. The second-order valence-electron chi connectivity index (χ2n) is 5.18. The standard InChI is InChI=1S/C16H28N2O/c1-4-6-14(2)13-18(12-5-11-17)15-7-9-16(19-3)10-8-15/h7-10,14H,4-6,11-13,17H2,1-3H3. The Morgan fingerprint density at radius 2 is 1.95 bits per heavy atom. The van der Waals surface area contributed by atoms with Crippen molar-refractivity contribution in [2.24, 2.45) is 11.7 Å². The van der Waals surface area contributed by atoms with E-state index >= 15 is 0 Å². The Labute approximate surface area is 117 Å². The molecule has 1 aromatic carbocycles. The van der Waals surface area contributed by atoms with Gasteiger partial charge >= 0.3 is 0 Å². The molecule has 0 aliphatic carbocycles. The second kappa shape index (κ2) is 8.81. The van der Waals surface area contributed by atoms with Gasteiger partial charge in [0, 0.05) is 18.8 Å². The molecule has 3 nitrogen and oxygen atoms in total. The fourth-order valence-electron chi connectivity index (χ4n) is 2.36. The third kappa shape index (κ3) is 5.52. The molecular formula is C16H28N2O. The van der Waals surface area contributed by atoms with Crippen LogP contribution in [0.15, 0.2) is 24.3 Å². The molecule has 0 aliphatic heterocycles. The molecule has 0 fully saturated rings. The van der Waals surface area contributed by atoms with Crippen molar-refractivity contribution in [3.8, 4) is 5.75 Å². The van der Waals surface area contributed by atoms with Crippen LogP contribution in [-0.2, 0) is 0 Å². The van der Waals surface area contributed by atoms with Gasteiger partial charge < -0.3 is 15.4 Å². The molecule has 1 unspecified atom stereocenters. The summed E-state index contributed by atoms with van der Waals surface area (Å²) in [4.78, 5) is 2.44. The largest absolute Gasteiger partial charge is 0.497 e. The number of benzene rings is 1. The van der Waals surface area contributed by atoms with E-state index in [1.807, 2.05) is 12.1 Å². The van der Waals surface area contributed by atoms with Gasteiger partial charge in [-0.05, 0) is 49.6 Å². The molecule has 2 N–H and O–H groups in total. The molecule has 19 heavy (non-hydrogen) atoms. The molecule has 1 atom stereocenters. The lowest BCUT2D eigenvalue weighted by molar-refractivity contribution is 0.414. The predicted octanol–water partition coefficient (Wildman–Crippen LogP) is 3.29. The molecule has 3 heteroatoms. The van der Waals surface area contributed by atoms with Crippen LogP contribution >= 0.6 is 0 Å². The van der Waals surface area contributed by atoms with Gasteiger partial charge in [0.2, 0.25) is 0 Å². The summed E-state index contributed by atoms with van der Waals surface area (Å²) in [6, 6.07) is 8.31. The average Bonchev–Trinajstić information content (AvgIpc) is 2.44. The maximum Gasteiger partial charge on any atom is 0.119 e. The zero-order valence-corrected chi connectivity index (χ0v) is 12.6. The Hall–Kier alpha value is -1.22. The van der Waals surface area contributed by atoms with E-state index in [1.54, 1.807) is 7.11 Å². The summed E-state index contributed by atoms with van der Waals surface area (Å²) in [6.45, 7) is 7.43. The van der Waals surface area contributed by atoms with Gasteiger partial charge in [0.15, 0.2) is 0 Å². The van der Waals surface area contributed by atoms with Gasteiger partial charge in [-0.2, -0.15) is 0 Å². The monoisotopic (exact) mass is 264 g/mol. The van der Waals surface area contributed by atoms with Crippen LogP contribution in [0.5, 0.6) is 5.75 Å². The first-order valence-electron chi connectivity index (χ1n) is 7.30. The number of hydrogen-bond acceptors (Lipinski definition) is 3. The number of hydrogen-bond donors (Lipinski definition) is 1. The van der Waals surface area contributed by atoms with Crippen molar-refractivity contribution in [3.63, 3.8) is 0 Å². The minimum atomic E-state index is 0.713. The van der Waals surface area contributed by atoms with E-state index in [2.05, 4.69) is 30.9 Å². The van der Waals surface area contributed by atoms with E-state index in [1.165, 1.54) is 18.5 Å². The zero-order chi connectivity index (χ0) is 14.1. The highest BCUT2D eigenvalue weighted by Crippen LogP contribution is 2.21. The van der Waals surface area contributed by atoms with Crippen LogP contribution in [0.25, 0.3) is 0 Å². The van der Waals surface area contributed by atoms with Crippen molar-refractivity contribution in [2.75, 3.05) is 31.6 Å². The first kappa shape index (κ1) is 15.8. The minimum absolute atomic E-state index is 0.713. The molecule has 0 saturated carbocycles. The van der Waals surface area contributed by atoms with E-state index in [-0.39, 0.29) is 0 Å². The van der Waals surface area contributed by atoms with Crippen LogP contribution in [0.1, 0.15) is 33.1 Å². The highest BCUT2D eigenvalue weighted by molar-refractivity contribution is 5.49.